The largest absolute Gasteiger partial charge is 0.301 e. The van der Waals surface area contributed by atoms with Gasteiger partial charge < -0.3 is 5.32 Å². The van der Waals surface area contributed by atoms with Crippen molar-refractivity contribution in [2.75, 3.05) is 11.9 Å². The average Bonchev–Trinajstić information content (AvgIpc) is 3.38. The van der Waals surface area contributed by atoms with E-state index in [0.717, 1.165) is 15.7 Å². The lowest BCUT2D eigenvalue weighted by atomic mass is 10.2. The number of aryl methyl sites for hydroxylation is 1. The van der Waals surface area contributed by atoms with Crippen molar-refractivity contribution in [1.29, 1.82) is 0 Å². The molecular weight excluding hydrogens is 505 g/mol. The van der Waals surface area contributed by atoms with Gasteiger partial charge in [-0.2, -0.15) is 0 Å². The Morgan fingerprint density at radius 3 is 2.68 bits per heavy atom. The summed E-state index contributed by atoms with van der Waals surface area (Å²) in [5.74, 6) is 0.529. The molecule has 3 aromatic rings. The van der Waals surface area contributed by atoms with Crippen LogP contribution in [0.1, 0.15) is 29.5 Å². The summed E-state index contributed by atoms with van der Waals surface area (Å²) >= 11 is 9.61. The van der Waals surface area contributed by atoms with E-state index in [1.165, 1.54) is 34.2 Å². The van der Waals surface area contributed by atoms with Gasteiger partial charge in [0.05, 0.1) is 4.91 Å². The molecule has 4 rings (SSSR count). The van der Waals surface area contributed by atoms with E-state index in [1.807, 2.05) is 36.4 Å². The average molecular weight is 527 g/mol. The van der Waals surface area contributed by atoms with Crippen LogP contribution in [-0.4, -0.2) is 37.8 Å². The SMILES string of the molecule is Cc1ccc(CSc2nnc(NC(=O)CCCN3C(=O)/C(=C/c4ccccc4)SC3=S)s2)cc1. The van der Waals surface area contributed by atoms with Crippen molar-refractivity contribution < 1.29 is 9.59 Å². The molecule has 174 valence electrons. The molecule has 1 N–H and O–H groups in total. The Bertz CT molecular complexity index is 1210. The van der Waals surface area contributed by atoms with Crippen LogP contribution in [-0.2, 0) is 15.3 Å². The maximum atomic E-state index is 12.7. The standard InChI is InChI=1S/C24H22N4O2S4/c1-16-9-11-18(12-10-16)15-32-23-27-26-22(34-23)25-20(29)8-5-13-28-21(30)19(33-24(28)31)14-17-6-3-2-4-7-17/h2-4,6-7,9-12,14H,5,8,13,15H2,1H3,(H,25,26,29)/b19-14-. The minimum Gasteiger partial charge on any atom is -0.301 e. The third kappa shape index (κ3) is 6.75. The molecule has 0 unspecified atom stereocenters. The predicted octanol–water partition coefficient (Wildman–Crippen LogP) is 5.76. The van der Waals surface area contributed by atoms with Crippen LogP contribution in [0.2, 0.25) is 0 Å². The topological polar surface area (TPSA) is 75.2 Å². The third-order valence-corrected chi connectivity index (χ3v) is 8.31. The third-order valence-electron chi connectivity index (χ3n) is 4.89. The van der Waals surface area contributed by atoms with Crippen molar-refractivity contribution in [3.05, 3.63) is 76.2 Å². The van der Waals surface area contributed by atoms with Gasteiger partial charge in [0.15, 0.2) is 4.34 Å². The summed E-state index contributed by atoms with van der Waals surface area (Å²) in [6.45, 7) is 2.46. The number of hydrogen-bond acceptors (Lipinski definition) is 8. The maximum Gasteiger partial charge on any atom is 0.266 e. The van der Waals surface area contributed by atoms with Gasteiger partial charge in [0.2, 0.25) is 11.0 Å². The van der Waals surface area contributed by atoms with Crippen molar-refractivity contribution in [3.8, 4) is 0 Å². The van der Waals surface area contributed by atoms with Crippen LogP contribution in [0.15, 0.2) is 63.8 Å². The quantitative estimate of drug-likeness (QED) is 0.164. The molecule has 0 spiro atoms. The van der Waals surface area contributed by atoms with Gasteiger partial charge in [-0.15, -0.1) is 10.2 Å². The number of carbonyl (C=O) groups excluding carboxylic acids is 2. The molecule has 1 aliphatic heterocycles. The number of aromatic nitrogens is 2. The number of carbonyl (C=O) groups is 2. The molecule has 2 aromatic carbocycles. The van der Waals surface area contributed by atoms with Gasteiger partial charge in [0.25, 0.3) is 5.91 Å². The first kappa shape index (κ1) is 24.6. The van der Waals surface area contributed by atoms with Crippen molar-refractivity contribution >= 4 is 74.4 Å². The summed E-state index contributed by atoms with van der Waals surface area (Å²) in [4.78, 5) is 27.2. The lowest BCUT2D eigenvalue weighted by Gasteiger charge is -2.13. The number of anilines is 1. The summed E-state index contributed by atoms with van der Waals surface area (Å²) in [6.07, 6.45) is 2.61. The Hall–Kier alpha value is -2.53. The first-order valence-electron chi connectivity index (χ1n) is 10.6. The summed E-state index contributed by atoms with van der Waals surface area (Å²) < 4.78 is 1.32. The summed E-state index contributed by atoms with van der Waals surface area (Å²) in [7, 11) is 0. The van der Waals surface area contributed by atoms with Gasteiger partial charge in [-0.1, -0.05) is 107 Å². The Kier molecular flexibility index (Phi) is 8.49. The van der Waals surface area contributed by atoms with Crippen LogP contribution in [0.3, 0.4) is 0 Å². The zero-order valence-electron chi connectivity index (χ0n) is 18.4. The van der Waals surface area contributed by atoms with Gasteiger partial charge in [-0.3, -0.25) is 14.5 Å². The smallest absolute Gasteiger partial charge is 0.266 e. The molecule has 0 bridgehead atoms. The predicted molar refractivity (Wildman–Crippen MR) is 145 cm³/mol. The van der Waals surface area contributed by atoms with E-state index < -0.39 is 0 Å². The number of thioether (sulfide) groups is 2. The molecule has 6 nitrogen and oxygen atoms in total. The molecule has 2 heterocycles. The highest BCUT2D eigenvalue weighted by atomic mass is 32.2. The molecule has 1 fully saturated rings. The van der Waals surface area contributed by atoms with E-state index in [2.05, 4.69) is 46.7 Å². The van der Waals surface area contributed by atoms with E-state index in [0.29, 0.717) is 27.3 Å². The lowest BCUT2D eigenvalue weighted by Crippen LogP contribution is -2.29. The molecule has 0 saturated carbocycles. The van der Waals surface area contributed by atoms with Crippen LogP contribution in [0.4, 0.5) is 5.13 Å². The van der Waals surface area contributed by atoms with Gasteiger partial charge in [0.1, 0.15) is 4.32 Å². The summed E-state index contributed by atoms with van der Waals surface area (Å²) in [5, 5.41) is 11.5. The van der Waals surface area contributed by atoms with Crippen molar-refractivity contribution in [2.45, 2.75) is 29.9 Å². The van der Waals surface area contributed by atoms with E-state index in [9.17, 15) is 9.59 Å². The fraction of sp³-hybridized carbons (Fsp3) is 0.208. The summed E-state index contributed by atoms with van der Waals surface area (Å²) in [6, 6.07) is 18.0. The van der Waals surface area contributed by atoms with Gasteiger partial charge in [-0.05, 0) is 30.5 Å². The second-order valence-electron chi connectivity index (χ2n) is 7.54. The number of rotatable bonds is 9. The first-order chi connectivity index (χ1) is 16.5. The zero-order chi connectivity index (χ0) is 23.9. The van der Waals surface area contributed by atoms with Crippen molar-refractivity contribution in [3.63, 3.8) is 0 Å². The van der Waals surface area contributed by atoms with E-state index >= 15 is 0 Å². The Labute approximate surface area is 216 Å². The fourth-order valence-corrected chi connectivity index (χ4v) is 6.15. The van der Waals surface area contributed by atoms with Crippen LogP contribution in [0.25, 0.3) is 6.08 Å². The second-order valence-corrected chi connectivity index (χ2v) is 11.4. The van der Waals surface area contributed by atoms with Gasteiger partial charge in [-0.25, -0.2) is 0 Å². The lowest BCUT2D eigenvalue weighted by molar-refractivity contribution is -0.122. The number of nitrogens with one attached hydrogen (secondary N) is 1. The summed E-state index contributed by atoms with van der Waals surface area (Å²) in [5.41, 5.74) is 3.40. The Balaban J connectivity index is 1.21. The molecule has 1 saturated heterocycles. The molecule has 2 amide bonds. The molecule has 10 heteroatoms. The molecular formula is C24H22N4O2S4. The van der Waals surface area contributed by atoms with Crippen LogP contribution in [0.5, 0.6) is 0 Å². The molecule has 1 aromatic heterocycles. The Morgan fingerprint density at radius 1 is 1.15 bits per heavy atom. The van der Waals surface area contributed by atoms with Crippen molar-refractivity contribution in [2.24, 2.45) is 0 Å². The maximum absolute atomic E-state index is 12.7. The molecule has 1 aliphatic rings. The van der Waals surface area contributed by atoms with Crippen LogP contribution >= 0.6 is 47.1 Å². The van der Waals surface area contributed by atoms with Crippen molar-refractivity contribution in [1.82, 2.24) is 15.1 Å². The minimum atomic E-state index is -0.156. The molecule has 0 aliphatic carbocycles. The molecule has 34 heavy (non-hydrogen) atoms. The highest BCUT2D eigenvalue weighted by Crippen LogP contribution is 2.33. The minimum absolute atomic E-state index is 0.112. The highest BCUT2D eigenvalue weighted by Gasteiger charge is 2.31. The van der Waals surface area contributed by atoms with Crippen LogP contribution < -0.4 is 5.32 Å². The molecule has 0 radical (unpaired) electrons. The molecule has 0 atom stereocenters. The normalized spacial score (nSPS) is 14.7. The zero-order valence-corrected chi connectivity index (χ0v) is 21.7. The number of thiocarbonyl (C=S) groups is 1. The fourth-order valence-electron chi connectivity index (χ4n) is 3.12. The number of amides is 2. The number of nitrogens with zero attached hydrogens (tertiary/aromatic N) is 3. The second kappa shape index (κ2) is 11.7. The Morgan fingerprint density at radius 2 is 1.91 bits per heavy atom. The van der Waals surface area contributed by atoms with E-state index in [1.54, 1.807) is 16.7 Å². The van der Waals surface area contributed by atoms with Gasteiger partial charge >= 0.3 is 0 Å². The van der Waals surface area contributed by atoms with Gasteiger partial charge in [0, 0.05) is 18.7 Å². The monoisotopic (exact) mass is 526 g/mol. The van der Waals surface area contributed by atoms with Crippen LogP contribution in [0, 0.1) is 6.92 Å². The van der Waals surface area contributed by atoms with E-state index in [-0.39, 0.29) is 18.2 Å². The highest BCUT2D eigenvalue weighted by molar-refractivity contribution is 8.26. The first-order valence-corrected chi connectivity index (χ1v) is 13.6. The van der Waals surface area contributed by atoms with E-state index in [4.69, 9.17) is 12.2 Å². The number of hydrogen-bond donors (Lipinski definition) is 1. The number of benzene rings is 2.